The molecule has 96 valence electrons. The average Bonchev–Trinajstić information content (AvgIpc) is 2.27. The van der Waals surface area contributed by atoms with Crippen LogP contribution in [-0.2, 0) is 4.74 Å². The highest BCUT2D eigenvalue weighted by molar-refractivity contribution is 5.30. The van der Waals surface area contributed by atoms with Crippen LogP contribution in [0, 0.1) is 5.82 Å². The first kappa shape index (κ1) is 13.9. The van der Waals surface area contributed by atoms with Gasteiger partial charge in [-0.25, -0.2) is 4.39 Å². The normalized spacial score (nSPS) is 14.4. The third kappa shape index (κ3) is 4.30. The van der Waals surface area contributed by atoms with E-state index in [1.165, 1.54) is 19.2 Å². The molecule has 0 aliphatic carbocycles. The van der Waals surface area contributed by atoms with Gasteiger partial charge in [0.25, 0.3) is 0 Å². The molecule has 0 aliphatic rings. The summed E-state index contributed by atoms with van der Waals surface area (Å²) in [6.45, 7) is 1.92. The predicted octanol–water partition coefficient (Wildman–Crippen LogP) is 1.23. The van der Waals surface area contributed by atoms with E-state index in [1.54, 1.807) is 13.0 Å². The maximum absolute atomic E-state index is 13.6. The summed E-state index contributed by atoms with van der Waals surface area (Å²) in [5.74, 6) is -0.381. The maximum Gasteiger partial charge on any atom is 0.165 e. The summed E-state index contributed by atoms with van der Waals surface area (Å²) in [5.41, 5.74) is 6.33. The van der Waals surface area contributed by atoms with Gasteiger partial charge in [-0.05, 0) is 24.6 Å². The number of aliphatic hydroxyl groups excluding tert-OH is 1. The first-order chi connectivity index (χ1) is 8.04. The maximum atomic E-state index is 13.6. The average molecular weight is 243 g/mol. The van der Waals surface area contributed by atoms with Gasteiger partial charge >= 0.3 is 0 Å². The molecule has 0 aromatic heterocycles. The highest BCUT2D eigenvalue weighted by Gasteiger charge is 2.09. The van der Waals surface area contributed by atoms with Gasteiger partial charge in [0.1, 0.15) is 12.7 Å². The number of rotatable bonds is 6. The SMILES string of the molecule is COCC(O)COc1ccc([C@@H](C)N)cc1F. The van der Waals surface area contributed by atoms with Crippen molar-refractivity contribution in [3.05, 3.63) is 29.6 Å². The van der Waals surface area contributed by atoms with Gasteiger partial charge in [-0.1, -0.05) is 6.07 Å². The zero-order valence-corrected chi connectivity index (χ0v) is 10.0. The molecule has 0 radical (unpaired) electrons. The fourth-order valence-electron chi connectivity index (χ4n) is 1.34. The van der Waals surface area contributed by atoms with E-state index < -0.39 is 11.9 Å². The summed E-state index contributed by atoms with van der Waals surface area (Å²) >= 11 is 0. The van der Waals surface area contributed by atoms with Crippen molar-refractivity contribution in [2.24, 2.45) is 5.73 Å². The second kappa shape index (κ2) is 6.54. The number of aliphatic hydroxyl groups is 1. The van der Waals surface area contributed by atoms with E-state index in [0.717, 1.165) is 0 Å². The zero-order chi connectivity index (χ0) is 12.8. The van der Waals surface area contributed by atoms with Crippen molar-refractivity contribution in [2.75, 3.05) is 20.3 Å². The highest BCUT2D eigenvalue weighted by atomic mass is 19.1. The molecule has 1 unspecified atom stereocenters. The standard InChI is InChI=1S/C12H18FNO3/c1-8(14)9-3-4-12(11(13)5-9)17-7-10(15)6-16-2/h3-5,8,10,15H,6-7,14H2,1-2H3/t8-,10?/m1/s1. The fourth-order valence-corrected chi connectivity index (χ4v) is 1.34. The van der Waals surface area contributed by atoms with Crippen LogP contribution in [0.2, 0.25) is 0 Å². The number of nitrogens with two attached hydrogens (primary N) is 1. The number of halogens is 1. The third-order valence-electron chi connectivity index (χ3n) is 2.27. The molecule has 0 spiro atoms. The number of hydrogen-bond donors (Lipinski definition) is 2. The minimum atomic E-state index is -0.771. The molecule has 0 heterocycles. The Labute approximate surface area is 100 Å². The molecule has 3 N–H and O–H groups in total. The van der Waals surface area contributed by atoms with Crippen LogP contribution in [0.5, 0.6) is 5.75 Å². The van der Waals surface area contributed by atoms with Gasteiger partial charge in [-0.15, -0.1) is 0 Å². The van der Waals surface area contributed by atoms with E-state index in [2.05, 4.69) is 0 Å². The number of benzene rings is 1. The minimum Gasteiger partial charge on any atom is -0.488 e. The fraction of sp³-hybridized carbons (Fsp3) is 0.500. The lowest BCUT2D eigenvalue weighted by atomic mass is 10.1. The molecule has 1 rings (SSSR count). The van der Waals surface area contributed by atoms with Crippen LogP contribution >= 0.6 is 0 Å². The number of methoxy groups -OCH3 is 1. The van der Waals surface area contributed by atoms with Crippen LogP contribution in [0.4, 0.5) is 4.39 Å². The molecule has 1 aromatic rings. The topological polar surface area (TPSA) is 64.7 Å². The predicted molar refractivity (Wildman–Crippen MR) is 62.4 cm³/mol. The Hall–Kier alpha value is -1.17. The first-order valence-corrected chi connectivity index (χ1v) is 5.39. The zero-order valence-electron chi connectivity index (χ0n) is 10.0. The van der Waals surface area contributed by atoms with Gasteiger partial charge in [0.15, 0.2) is 11.6 Å². The van der Waals surface area contributed by atoms with Crippen molar-refractivity contribution in [1.82, 2.24) is 0 Å². The van der Waals surface area contributed by atoms with Gasteiger partial charge in [-0.2, -0.15) is 0 Å². The van der Waals surface area contributed by atoms with Gasteiger partial charge in [0, 0.05) is 13.2 Å². The first-order valence-electron chi connectivity index (χ1n) is 5.39. The van der Waals surface area contributed by atoms with Crippen LogP contribution in [-0.4, -0.2) is 31.5 Å². The summed E-state index contributed by atoms with van der Waals surface area (Å²) in [6.07, 6.45) is -0.771. The van der Waals surface area contributed by atoms with Gasteiger partial charge in [0.2, 0.25) is 0 Å². The number of hydrogen-bond acceptors (Lipinski definition) is 4. The van der Waals surface area contributed by atoms with Crippen LogP contribution in [0.25, 0.3) is 0 Å². The van der Waals surface area contributed by atoms with Crippen molar-refractivity contribution >= 4 is 0 Å². The van der Waals surface area contributed by atoms with Gasteiger partial charge in [0.05, 0.1) is 6.61 Å². The molecule has 0 aliphatic heterocycles. The van der Waals surface area contributed by atoms with E-state index in [1.807, 2.05) is 0 Å². The molecule has 1 aromatic carbocycles. The van der Waals surface area contributed by atoms with Gasteiger partial charge < -0.3 is 20.3 Å². The molecular weight excluding hydrogens is 225 g/mol. The largest absolute Gasteiger partial charge is 0.488 e. The Morgan fingerprint density at radius 2 is 2.12 bits per heavy atom. The van der Waals surface area contributed by atoms with Crippen LogP contribution in [0.3, 0.4) is 0 Å². The van der Waals surface area contributed by atoms with E-state index in [-0.39, 0.29) is 25.0 Å². The summed E-state index contributed by atoms with van der Waals surface area (Å²) < 4.78 is 23.4. The van der Waals surface area contributed by atoms with E-state index in [4.69, 9.17) is 15.2 Å². The molecule has 0 amide bonds. The lowest BCUT2D eigenvalue weighted by Gasteiger charge is -2.13. The molecule has 0 fully saturated rings. The molecule has 0 saturated carbocycles. The Kier molecular flexibility index (Phi) is 5.34. The molecule has 5 heteroatoms. The van der Waals surface area contributed by atoms with Gasteiger partial charge in [-0.3, -0.25) is 0 Å². The Morgan fingerprint density at radius 3 is 2.65 bits per heavy atom. The molecule has 2 atom stereocenters. The van der Waals surface area contributed by atoms with Crippen molar-refractivity contribution < 1.29 is 19.0 Å². The lowest BCUT2D eigenvalue weighted by Crippen LogP contribution is -2.22. The molecule has 17 heavy (non-hydrogen) atoms. The van der Waals surface area contributed by atoms with Crippen LogP contribution in [0.1, 0.15) is 18.5 Å². The third-order valence-corrected chi connectivity index (χ3v) is 2.27. The van der Waals surface area contributed by atoms with Crippen molar-refractivity contribution in [2.45, 2.75) is 19.1 Å². The Morgan fingerprint density at radius 1 is 1.41 bits per heavy atom. The quantitative estimate of drug-likeness (QED) is 0.788. The van der Waals surface area contributed by atoms with E-state index in [0.29, 0.717) is 5.56 Å². The number of ether oxygens (including phenoxy) is 2. The summed E-state index contributed by atoms with van der Waals surface area (Å²) in [7, 11) is 1.47. The van der Waals surface area contributed by atoms with E-state index >= 15 is 0 Å². The van der Waals surface area contributed by atoms with Crippen LogP contribution in [0.15, 0.2) is 18.2 Å². The van der Waals surface area contributed by atoms with Crippen molar-refractivity contribution in [1.29, 1.82) is 0 Å². The smallest absolute Gasteiger partial charge is 0.165 e. The molecule has 4 nitrogen and oxygen atoms in total. The minimum absolute atomic E-state index is 0.0116. The molecule has 0 bridgehead atoms. The summed E-state index contributed by atoms with van der Waals surface area (Å²) in [5, 5.41) is 9.35. The van der Waals surface area contributed by atoms with Crippen LogP contribution < -0.4 is 10.5 Å². The molecule has 0 saturated heterocycles. The van der Waals surface area contributed by atoms with E-state index in [9.17, 15) is 9.50 Å². The van der Waals surface area contributed by atoms with Crippen molar-refractivity contribution in [3.63, 3.8) is 0 Å². The monoisotopic (exact) mass is 243 g/mol. The Bertz CT molecular complexity index is 358. The lowest BCUT2D eigenvalue weighted by molar-refractivity contribution is 0.0316. The second-order valence-electron chi connectivity index (χ2n) is 3.90. The second-order valence-corrected chi connectivity index (χ2v) is 3.90. The summed E-state index contributed by atoms with van der Waals surface area (Å²) in [6, 6.07) is 4.32. The Balaban J connectivity index is 2.60. The summed E-state index contributed by atoms with van der Waals surface area (Å²) in [4.78, 5) is 0. The molecular formula is C12H18FNO3. The highest BCUT2D eigenvalue weighted by Crippen LogP contribution is 2.21. The van der Waals surface area contributed by atoms with Crippen molar-refractivity contribution in [3.8, 4) is 5.75 Å².